The van der Waals surface area contributed by atoms with Crippen LogP contribution in [-0.2, 0) is 0 Å². The van der Waals surface area contributed by atoms with E-state index in [0.29, 0.717) is 0 Å². The minimum Gasteiger partial charge on any atom is -0.325 e. The first kappa shape index (κ1) is 8.25. The number of nitrogens with two attached hydrogens (primary N) is 1. The number of rotatable bonds is 1. The van der Waals surface area contributed by atoms with Gasteiger partial charge in [-0.25, -0.2) is 0 Å². The molecule has 2 N–H and O–H groups in total. The zero-order valence-corrected chi connectivity index (χ0v) is 8.29. The van der Waals surface area contributed by atoms with E-state index in [1.807, 2.05) is 0 Å². The van der Waals surface area contributed by atoms with Crippen molar-refractivity contribution in [2.75, 3.05) is 0 Å². The highest BCUT2D eigenvalue weighted by molar-refractivity contribution is 5.72. The fourth-order valence-corrected chi connectivity index (χ4v) is 2.73. The normalized spacial score (nSPS) is 23.2. The molecular weight excluding hydrogens is 170 g/mol. The summed E-state index contributed by atoms with van der Waals surface area (Å²) in [5.74, 6) is 0. The molecule has 0 amide bonds. The third kappa shape index (κ3) is 1.12. The van der Waals surface area contributed by atoms with Crippen molar-refractivity contribution in [3.8, 4) is 0 Å². The van der Waals surface area contributed by atoms with Crippen LogP contribution in [0.2, 0.25) is 0 Å². The van der Waals surface area contributed by atoms with Crippen LogP contribution in [0.3, 0.4) is 0 Å². The van der Waals surface area contributed by atoms with Crippen molar-refractivity contribution >= 4 is 5.57 Å². The van der Waals surface area contributed by atoms with E-state index in [0.717, 1.165) is 12.8 Å². The van der Waals surface area contributed by atoms with Crippen LogP contribution in [0.5, 0.6) is 0 Å². The SMILES string of the molecule is NC12CCC(c3ccccc3)=C(C1)C2. The van der Waals surface area contributed by atoms with Crippen molar-refractivity contribution in [1.82, 2.24) is 0 Å². The quantitative estimate of drug-likeness (QED) is 0.715. The summed E-state index contributed by atoms with van der Waals surface area (Å²) in [6.45, 7) is 0. The van der Waals surface area contributed by atoms with Crippen molar-refractivity contribution in [2.45, 2.75) is 31.2 Å². The van der Waals surface area contributed by atoms with Crippen molar-refractivity contribution in [3.05, 3.63) is 41.5 Å². The van der Waals surface area contributed by atoms with Crippen LogP contribution in [0.1, 0.15) is 31.2 Å². The second kappa shape index (κ2) is 2.71. The number of benzene rings is 1. The first-order chi connectivity index (χ1) is 6.77. The lowest BCUT2D eigenvalue weighted by Crippen LogP contribution is -2.50. The van der Waals surface area contributed by atoms with E-state index in [4.69, 9.17) is 5.73 Å². The number of hydrogen-bond donors (Lipinski definition) is 1. The lowest BCUT2D eigenvalue weighted by atomic mass is 9.62. The van der Waals surface area contributed by atoms with Crippen LogP contribution in [0.15, 0.2) is 35.9 Å². The van der Waals surface area contributed by atoms with Crippen LogP contribution < -0.4 is 5.73 Å². The van der Waals surface area contributed by atoms with E-state index in [9.17, 15) is 0 Å². The molecule has 3 aliphatic carbocycles. The van der Waals surface area contributed by atoms with Gasteiger partial charge < -0.3 is 5.73 Å². The molecule has 0 saturated heterocycles. The van der Waals surface area contributed by atoms with Crippen LogP contribution in [0.4, 0.5) is 0 Å². The minimum atomic E-state index is 0.174. The number of hydrogen-bond acceptors (Lipinski definition) is 1. The summed E-state index contributed by atoms with van der Waals surface area (Å²) < 4.78 is 0. The Morgan fingerprint density at radius 3 is 2.36 bits per heavy atom. The summed E-state index contributed by atoms with van der Waals surface area (Å²) in [6, 6.07) is 10.7. The van der Waals surface area contributed by atoms with Gasteiger partial charge in [0.15, 0.2) is 0 Å². The molecule has 0 radical (unpaired) electrons. The Balaban J connectivity index is 1.98. The van der Waals surface area contributed by atoms with Gasteiger partial charge in [0.1, 0.15) is 0 Å². The van der Waals surface area contributed by atoms with Gasteiger partial charge in [0.05, 0.1) is 0 Å². The van der Waals surface area contributed by atoms with Crippen LogP contribution >= 0.6 is 0 Å². The highest BCUT2D eigenvalue weighted by Crippen LogP contribution is 2.49. The molecule has 0 heterocycles. The topological polar surface area (TPSA) is 26.0 Å². The lowest BCUT2D eigenvalue weighted by molar-refractivity contribution is 0.296. The Hall–Kier alpha value is -1.08. The van der Waals surface area contributed by atoms with E-state index < -0.39 is 0 Å². The molecule has 1 nitrogen and oxygen atoms in total. The molecule has 1 aromatic rings. The van der Waals surface area contributed by atoms with E-state index in [1.165, 1.54) is 18.4 Å². The summed E-state index contributed by atoms with van der Waals surface area (Å²) in [5.41, 5.74) is 10.9. The van der Waals surface area contributed by atoms with Crippen molar-refractivity contribution in [3.63, 3.8) is 0 Å². The van der Waals surface area contributed by atoms with Gasteiger partial charge in [-0.3, -0.25) is 0 Å². The average molecular weight is 185 g/mol. The Morgan fingerprint density at radius 1 is 1.07 bits per heavy atom. The van der Waals surface area contributed by atoms with E-state index >= 15 is 0 Å². The molecule has 1 aromatic carbocycles. The van der Waals surface area contributed by atoms with Crippen molar-refractivity contribution < 1.29 is 0 Å². The standard InChI is InChI=1S/C13H15N/c14-13-7-6-12(11(8-13)9-13)10-4-2-1-3-5-10/h1-5H,6-9,14H2. The maximum Gasteiger partial charge on any atom is 0.0233 e. The van der Waals surface area contributed by atoms with Gasteiger partial charge in [0.2, 0.25) is 0 Å². The van der Waals surface area contributed by atoms with Gasteiger partial charge in [-0.15, -0.1) is 0 Å². The molecular formula is C13H15N. The monoisotopic (exact) mass is 185 g/mol. The predicted molar refractivity (Wildman–Crippen MR) is 58.7 cm³/mol. The Labute approximate surface area is 84.6 Å². The molecule has 72 valence electrons. The molecule has 0 aromatic heterocycles. The first-order valence-electron chi connectivity index (χ1n) is 5.32. The maximum absolute atomic E-state index is 6.15. The molecule has 1 heteroatoms. The molecule has 0 atom stereocenters. The fraction of sp³-hybridized carbons (Fsp3) is 0.385. The first-order valence-corrected chi connectivity index (χ1v) is 5.32. The maximum atomic E-state index is 6.15. The smallest absolute Gasteiger partial charge is 0.0233 e. The predicted octanol–water partition coefficient (Wildman–Crippen LogP) is 2.73. The summed E-state index contributed by atoms with van der Waals surface area (Å²) >= 11 is 0. The van der Waals surface area contributed by atoms with Gasteiger partial charge in [-0.2, -0.15) is 0 Å². The van der Waals surface area contributed by atoms with E-state index in [-0.39, 0.29) is 5.54 Å². The zero-order chi connectivity index (χ0) is 9.60. The highest BCUT2D eigenvalue weighted by Gasteiger charge is 2.41. The average Bonchev–Trinajstić information content (AvgIpc) is 2.18. The van der Waals surface area contributed by atoms with Crippen molar-refractivity contribution in [1.29, 1.82) is 0 Å². The van der Waals surface area contributed by atoms with Crippen LogP contribution in [0.25, 0.3) is 5.57 Å². The summed E-state index contributed by atoms with van der Waals surface area (Å²) in [6.07, 6.45) is 4.62. The summed E-state index contributed by atoms with van der Waals surface area (Å²) in [7, 11) is 0. The van der Waals surface area contributed by atoms with E-state index in [1.54, 1.807) is 11.1 Å². The minimum absolute atomic E-state index is 0.174. The van der Waals surface area contributed by atoms with Crippen LogP contribution in [-0.4, -0.2) is 5.54 Å². The fourth-order valence-electron chi connectivity index (χ4n) is 2.73. The molecule has 0 aliphatic heterocycles. The molecule has 2 bridgehead atoms. The van der Waals surface area contributed by atoms with Crippen LogP contribution in [0, 0.1) is 0 Å². The second-order valence-corrected chi connectivity index (χ2v) is 4.66. The van der Waals surface area contributed by atoms with E-state index in [2.05, 4.69) is 30.3 Å². The summed E-state index contributed by atoms with van der Waals surface area (Å²) in [5, 5.41) is 0. The van der Waals surface area contributed by atoms with Crippen molar-refractivity contribution in [2.24, 2.45) is 5.73 Å². The Morgan fingerprint density at radius 2 is 1.79 bits per heavy atom. The van der Waals surface area contributed by atoms with Gasteiger partial charge in [-0.05, 0) is 36.8 Å². The Bertz CT molecular complexity index is 381. The second-order valence-electron chi connectivity index (χ2n) is 4.66. The molecule has 0 unspecified atom stereocenters. The highest BCUT2D eigenvalue weighted by atomic mass is 14.8. The number of fused-ring (bicyclic) bond motifs is 2. The Kier molecular flexibility index (Phi) is 1.59. The third-order valence-electron chi connectivity index (χ3n) is 3.55. The molecule has 1 fully saturated rings. The summed E-state index contributed by atoms with van der Waals surface area (Å²) in [4.78, 5) is 0. The van der Waals surface area contributed by atoms with Gasteiger partial charge in [0.25, 0.3) is 0 Å². The lowest BCUT2D eigenvalue weighted by Gasteiger charge is -2.47. The van der Waals surface area contributed by atoms with Gasteiger partial charge in [0, 0.05) is 5.54 Å². The number of allylic oxidation sites excluding steroid dienone is 1. The molecule has 0 spiro atoms. The molecule has 3 aliphatic rings. The largest absolute Gasteiger partial charge is 0.325 e. The van der Waals surface area contributed by atoms with Gasteiger partial charge in [-0.1, -0.05) is 35.9 Å². The third-order valence-corrected chi connectivity index (χ3v) is 3.55. The zero-order valence-electron chi connectivity index (χ0n) is 8.29. The molecule has 1 saturated carbocycles. The molecule has 14 heavy (non-hydrogen) atoms. The van der Waals surface area contributed by atoms with Gasteiger partial charge >= 0.3 is 0 Å². The molecule has 4 rings (SSSR count).